The molecule has 0 bridgehead atoms. The van der Waals surface area contributed by atoms with Crippen LogP contribution in [0.2, 0.25) is 0 Å². The molecule has 2 N–H and O–H groups in total. The fourth-order valence-electron chi connectivity index (χ4n) is 5.98. The van der Waals surface area contributed by atoms with Crippen LogP contribution in [0.3, 0.4) is 0 Å². The number of carbonyl (C=O) groups is 2. The van der Waals surface area contributed by atoms with Crippen LogP contribution in [-0.2, 0) is 26.1 Å². The van der Waals surface area contributed by atoms with Gasteiger partial charge in [-0.3, -0.25) is 9.59 Å². The molecule has 2 aliphatic heterocycles. The molecule has 0 aliphatic carbocycles. The molecular weight excluding hydrogens is 496 g/mol. The van der Waals surface area contributed by atoms with E-state index in [1.165, 1.54) is 0 Å². The molecule has 1 aromatic carbocycles. The number of Topliss-reactive ketones (excluding diaryl/α,β-unsaturated/α-hetero) is 1. The number of aliphatic hydroxyl groups excluding tert-OH is 2. The molecule has 214 valence electrons. The molecule has 2 unspecified atom stereocenters. The van der Waals surface area contributed by atoms with E-state index in [4.69, 9.17) is 9.47 Å². The van der Waals surface area contributed by atoms with E-state index in [9.17, 15) is 19.8 Å². The highest BCUT2D eigenvalue weighted by Crippen LogP contribution is 2.47. The summed E-state index contributed by atoms with van der Waals surface area (Å²) in [6, 6.07) is 5.88. The lowest BCUT2D eigenvalue weighted by molar-refractivity contribution is -0.156. The number of aliphatic hydroxyl groups is 2. The number of epoxide rings is 1. The van der Waals surface area contributed by atoms with Crippen LogP contribution >= 0.6 is 0 Å². The Morgan fingerprint density at radius 3 is 2.64 bits per heavy atom. The third-order valence-corrected chi connectivity index (χ3v) is 9.15. The first-order valence-electron chi connectivity index (χ1n) is 14.1. The van der Waals surface area contributed by atoms with Gasteiger partial charge in [-0.15, -0.1) is 6.58 Å². The summed E-state index contributed by atoms with van der Waals surface area (Å²) in [5.41, 5.74) is 1.03. The first kappa shape index (κ1) is 29.4. The summed E-state index contributed by atoms with van der Waals surface area (Å²) < 4.78 is 14.1. The number of ether oxygens (including phenoxy) is 2. The lowest BCUT2D eigenvalue weighted by Crippen LogP contribution is -2.46. The van der Waals surface area contributed by atoms with Gasteiger partial charge in [0.05, 0.1) is 46.8 Å². The molecule has 0 radical (unpaired) electrons. The van der Waals surface area contributed by atoms with E-state index in [1.807, 2.05) is 43.7 Å². The van der Waals surface area contributed by atoms with Crippen molar-refractivity contribution in [1.82, 2.24) is 9.55 Å². The first-order valence-corrected chi connectivity index (χ1v) is 14.1. The fraction of sp³-hybridized carbons (Fsp3) is 0.645. The highest BCUT2D eigenvalue weighted by atomic mass is 16.6. The molecule has 8 heteroatoms. The summed E-state index contributed by atoms with van der Waals surface area (Å²) in [4.78, 5) is 31.5. The highest BCUT2D eigenvalue weighted by Gasteiger charge is 2.53. The molecule has 2 aliphatic rings. The van der Waals surface area contributed by atoms with Crippen LogP contribution in [0.25, 0.3) is 11.0 Å². The predicted molar refractivity (Wildman–Crippen MR) is 149 cm³/mol. The van der Waals surface area contributed by atoms with Crippen molar-refractivity contribution in [2.24, 2.45) is 24.3 Å². The molecule has 2 aromatic rings. The van der Waals surface area contributed by atoms with Crippen molar-refractivity contribution in [3.05, 3.63) is 42.2 Å². The predicted octanol–water partition coefficient (Wildman–Crippen LogP) is 4.73. The van der Waals surface area contributed by atoms with Crippen LogP contribution in [0.4, 0.5) is 0 Å². The van der Waals surface area contributed by atoms with E-state index in [0.29, 0.717) is 12.8 Å². The fourth-order valence-corrected chi connectivity index (χ4v) is 5.98. The van der Waals surface area contributed by atoms with Crippen LogP contribution < -0.4 is 0 Å². The van der Waals surface area contributed by atoms with Gasteiger partial charge in [-0.1, -0.05) is 39.3 Å². The van der Waals surface area contributed by atoms with Crippen LogP contribution in [-0.4, -0.2) is 55.4 Å². The van der Waals surface area contributed by atoms with Crippen molar-refractivity contribution in [3.63, 3.8) is 0 Å². The molecule has 2 fully saturated rings. The van der Waals surface area contributed by atoms with Gasteiger partial charge in [0.15, 0.2) is 0 Å². The third kappa shape index (κ3) is 5.98. The second-order valence-corrected chi connectivity index (χ2v) is 12.4. The number of ketones is 1. The molecule has 3 heterocycles. The van der Waals surface area contributed by atoms with Crippen LogP contribution in [0.1, 0.15) is 83.7 Å². The number of rotatable bonds is 3. The standard InChI is InChI=1S/C31H44N2O6/c1-8-10-21-28(36)18(2)11-9-14-31(6)26(39-31)16-24(38-27(35)17-25(34)30(4,5)29(21)37)20-12-13-23-22(15-20)32-19(3)33(23)7/h8,12-13,15,18,21,24-26,28,34,36H,1,9-11,14,16-17H2,2-7H3/t18-,21+,24-,25-,26?,28+,31?/m0/s1. The minimum atomic E-state index is -1.27. The van der Waals surface area contributed by atoms with Gasteiger partial charge in [0.25, 0.3) is 0 Å². The van der Waals surface area contributed by atoms with Crippen molar-refractivity contribution >= 4 is 22.8 Å². The number of benzene rings is 1. The molecule has 0 saturated carbocycles. The minimum Gasteiger partial charge on any atom is -0.457 e. The monoisotopic (exact) mass is 540 g/mol. The van der Waals surface area contributed by atoms with Gasteiger partial charge in [-0.2, -0.15) is 0 Å². The molecule has 4 rings (SSSR count). The largest absolute Gasteiger partial charge is 0.457 e. The number of allylic oxidation sites excluding steroid dienone is 1. The van der Waals surface area contributed by atoms with E-state index in [1.54, 1.807) is 19.9 Å². The maximum absolute atomic E-state index is 13.6. The zero-order chi connectivity index (χ0) is 28.7. The molecular formula is C31H44N2O6. The molecule has 8 nitrogen and oxygen atoms in total. The van der Waals surface area contributed by atoms with Gasteiger partial charge in [0.1, 0.15) is 17.7 Å². The topological polar surface area (TPSA) is 114 Å². The number of esters is 1. The molecule has 1 aromatic heterocycles. The lowest BCUT2D eigenvalue weighted by atomic mass is 9.71. The van der Waals surface area contributed by atoms with Crippen LogP contribution in [0.15, 0.2) is 30.9 Å². The number of aryl methyl sites for hydroxylation is 2. The summed E-state index contributed by atoms with van der Waals surface area (Å²) in [5.74, 6) is -0.812. The van der Waals surface area contributed by atoms with Crippen LogP contribution in [0.5, 0.6) is 0 Å². The lowest BCUT2D eigenvalue weighted by Gasteiger charge is -2.35. The first-order chi connectivity index (χ1) is 18.3. The highest BCUT2D eigenvalue weighted by molar-refractivity contribution is 5.88. The Bertz CT molecular complexity index is 1240. The Morgan fingerprint density at radius 1 is 1.23 bits per heavy atom. The van der Waals surface area contributed by atoms with Gasteiger partial charge in [-0.05, 0) is 56.7 Å². The van der Waals surface area contributed by atoms with Gasteiger partial charge >= 0.3 is 5.97 Å². The van der Waals surface area contributed by atoms with Gasteiger partial charge < -0.3 is 24.3 Å². The number of imidazole rings is 1. The zero-order valence-electron chi connectivity index (χ0n) is 24.1. The van der Waals surface area contributed by atoms with Crippen molar-refractivity contribution in [3.8, 4) is 0 Å². The number of hydrogen-bond donors (Lipinski definition) is 2. The van der Waals surface area contributed by atoms with E-state index in [2.05, 4.69) is 18.5 Å². The van der Waals surface area contributed by atoms with E-state index < -0.39 is 35.6 Å². The number of nitrogens with zero attached hydrogens (tertiary/aromatic N) is 2. The Hall–Kier alpha value is -2.55. The summed E-state index contributed by atoms with van der Waals surface area (Å²) in [7, 11) is 1.96. The summed E-state index contributed by atoms with van der Waals surface area (Å²) in [6.45, 7) is 13.0. The van der Waals surface area contributed by atoms with Crippen molar-refractivity contribution in [2.75, 3.05) is 0 Å². The normalized spacial score (nSPS) is 34.4. The Balaban J connectivity index is 1.64. The average Bonchev–Trinajstić information content (AvgIpc) is 3.42. The smallest absolute Gasteiger partial charge is 0.309 e. The Kier molecular flexibility index (Phi) is 8.41. The number of fused-ring (bicyclic) bond motifs is 2. The van der Waals surface area contributed by atoms with Crippen molar-refractivity contribution in [1.29, 1.82) is 0 Å². The maximum atomic E-state index is 13.6. The number of aromatic nitrogens is 2. The molecule has 39 heavy (non-hydrogen) atoms. The second kappa shape index (κ2) is 11.1. The average molecular weight is 541 g/mol. The number of cyclic esters (lactones) is 1. The minimum absolute atomic E-state index is 0.0824. The van der Waals surface area contributed by atoms with Gasteiger partial charge in [0, 0.05) is 19.4 Å². The molecule has 7 atom stereocenters. The zero-order valence-corrected chi connectivity index (χ0v) is 24.1. The SMILES string of the molecule is C=CC[C@H]1C(=O)C(C)(C)[C@@H](O)CC(=O)O[C@H](c2ccc3c(c2)nc(C)n3C)CC2OC2(C)CCC[C@H](C)[C@H]1O. The van der Waals surface area contributed by atoms with Crippen molar-refractivity contribution < 1.29 is 29.3 Å². The maximum Gasteiger partial charge on any atom is 0.309 e. The Labute approximate surface area is 231 Å². The van der Waals surface area contributed by atoms with E-state index >= 15 is 0 Å². The van der Waals surface area contributed by atoms with E-state index in [0.717, 1.165) is 41.7 Å². The summed E-state index contributed by atoms with van der Waals surface area (Å²) in [5, 5.41) is 22.2. The number of hydrogen-bond acceptors (Lipinski definition) is 7. The molecule has 0 spiro atoms. The van der Waals surface area contributed by atoms with E-state index in [-0.39, 0.29) is 29.8 Å². The van der Waals surface area contributed by atoms with Gasteiger partial charge in [0.2, 0.25) is 0 Å². The number of carbonyl (C=O) groups excluding carboxylic acids is 2. The quantitative estimate of drug-likeness (QED) is 0.329. The van der Waals surface area contributed by atoms with Crippen molar-refractivity contribution in [2.45, 2.75) is 103 Å². The molecule has 0 amide bonds. The Morgan fingerprint density at radius 2 is 1.95 bits per heavy atom. The third-order valence-electron chi connectivity index (χ3n) is 9.15. The summed E-state index contributed by atoms with van der Waals surface area (Å²) in [6.07, 6.45) is 1.63. The molecule has 2 saturated heterocycles. The summed E-state index contributed by atoms with van der Waals surface area (Å²) >= 11 is 0. The second-order valence-electron chi connectivity index (χ2n) is 12.4. The van der Waals surface area contributed by atoms with Gasteiger partial charge in [-0.25, -0.2) is 4.98 Å². The van der Waals surface area contributed by atoms with Crippen LogP contribution in [0, 0.1) is 24.2 Å².